The van der Waals surface area contributed by atoms with Gasteiger partial charge in [-0.3, -0.25) is 0 Å². The lowest BCUT2D eigenvalue weighted by atomic mass is 10.2. The number of nitrogens with zero attached hydrogens (tertiary/aromatic N) is 2. The molecule has 2 aromatic rings. The SMILES string of the molecule is N#Cc1ccc(C=NOCc2cccc(Cl)c2)cc1. The van der Waals surface area contributed by atoms with Gasteiger partial charge in [0.1, 0.15) is 6.61 Å². The molecule has 0 saturated heterocycles. The van der Waals surface area contributed by atoms with Crippen LogP contribution in [0.4, 0.5) is 0 Å². The summed E-state index contributed by atoms with van der Waals surface area (Å²) in [7, 11) is 0. The van der Waals surface area contributed by atoms with E-state index in [0.717, 1.165) is 11.1 Å². The highest BCUT2D eigenvalue weighted by Crippen LogP contribution is 2.11. The van der Waals surface area contributed by atoms with E-state index < -0.39 is 0 Å². The number of oxime groups is 1. The average Bonchev–Trinajstić information content (AvgIpc) is 2.44. The number of halogens is 1. The van der Waals surface area contributed by atoms with Crippen LogP contribution in [0.1, 0.15) is 16.7 Å². The van der Waals surface area contributed by atoms with Crippen LogP contribution in [-0.2, 0) is 11.4 Å². The summed E-state index contributed by atoms with van der Waals surface area (Å²) < 4.78 is 0. The highest BCUT2D eigenvalue weighted by Gasteiger charge is 1.94. The highest BCUT2D eigenvalue weighted by atomic mass is 35.5. The molecule has 0 aromatic heterocycles. The normalized spacial score (nSPS) is 10.3. The Bertz CT molecular complexity index is 615. The molecule has 3 nitrogen and oxygen atoms in total. The van der Waals surface area contributed by atoms with E-state index in [1.165, 1.54) is 0 Å². The van der Waals surface area contributed by atoms with Gasteiger partial charge in [0, 0.05) is 5.02 Å². The third-order valence-electron chi connectivity index (χ3n) is 2.44. The van der Waals surface area contributed by atoms with Crippen molar-refractivity contribution >= 4 is 17.8 Å². The van der Waals surface area contributed by atoms with E-state index in [0.29, 0.717) is 17.2 Å². The van der Waals surface area contributed by atoms with E-state index in [4.69, 9.17) is 21.7 Å². The lowest BCUT2D eigenvalue weighted by Crippen LogP contribution is -1.88. The second-order valence-corrected chi connectivity index (χ2v) is 4.31. The van der Waals surface area contributed by atoms with Crippen LogP contribution in [0.5, 0.6) is 0 Å². The summed E-state index contributed by atoms with van der Waals surface area (Å²) in [5.41, 5.74) is 2.46. The fourth-order valence-electron chi connectivity index (χ4n) is 1.48. The summed E-state index contributed by atoms with van der Waals surface area (Å²) in [5, 5.41) is 13.2. The van der Waals surface area contributed by atoms with E-state index in [1.54, 1.807) is 18.3 Å². The Kier molecular flexibility index (Phi) is 4.54. The quantitative estimate of drug-likeness (QED) is 0.627. The van der Waals surface area contributed by atoms with Crippen LogP contribution < -0.4 is 0 Å². The van der Waals surface area contributed by atoms with E-state index in [-0.39, 0.29) is 0 Å². The van der Waals surface area contributed by atoms with Gasteiger partial charge >= 0.3 is 0 Å². The average molecular weight is 271 g/mol. The Balaban J connectivity index is 1.88. The second kappa shape index (κ2) is 6.58. The van der Waals surface area contributed by atoms with Crippen molar-refractivity contribution in [3.8, 4) is 6.07 Å². The predicted octanol–water partition coefficient (Wildman–Crippen LogP) is 3.76. The van der Waals surface area contributed by atoms with Crippen molar-refractivity contribution in [2.24, 2.45) is 5.16 Å². The van der Waals surface area contributed by atoms with E-state index in [1.807, 2.05) is 36.4 Å². The second-order valence-electron chi connectivity index (χ2n) is 3.87. The molecule has 0 fully saturated rings. The fraction of sp³-hybridized carbons (Fsp3) is 0.0667. The Morgan fingerprint density at radius 3 is 2.68 bits per heavy atom. The van der Waals surface area contributed by atoms with E-state index in [9.17, 15) is 0 Å². The first-order valence-electron chi connectivity index (χ1n) is 5.68. The maximum absolute atomic E-state index is 8.67. The molecule has 0 radical (unpaired) electrons. The Morgan fingerprint density at radius 2 is 2.00 bits per heavy atom. The lowest BCUT2D eigenvalue weighted by molar-refractivity contribution is 0.132. The molecule has 0 atom stereocenters. The smallest absolute Gasteiger partial charge is 0.142 e. The largest absolute Gasteiger partial charge is 0.391 e. The molecule has 0 N–H and O–H groups in total. The number of hydrogen-bond acceptors (Lipinski definition) is 3. The van der Waals surface area contributed by atoms with Gasteiger partial charge in [0.2, 0.25) is 0 Å². The number of benzene rings is 2. The summed E-state index contributed by atoms with van der Waals surface area (Å²) in [6.45, 7) is 0.368. The Hall–Kier alpha value is -2.31. The van der Waals surface area contributed by atoms with Crippen LogP contribution in [0.3, 0.4) is 0 Å². The van der Waals surface area contributed by atoms with Crippen LogP contribution in [0.25, 0.3) is 0 Å². The van der Waals surface area contributed by atoms with Crippen LogP contribution in [0.15, 0.2) is 53.7 Å². The van der Waals surface area contributed by atoms with Gasteiger partial charge in [-0.1, -0.05) is 41.0 Å². The highest BCUT2D eigenvalue weighted by molar-refractivity contribution is 6.30. The lowest BCUT2D eigenvalue weighted by Gasteiger charge is -2.00. The zero-order valence-corrected chi connectivity index (χ0v) is 10.8. The van der Waals surface area contributed by atoms with Gasteiger partial charge in [-0.05, 0) is 35.4 Å². The molecule has 19 heavy (non-hydrogen) atoms. The summed E-state index contributed by atoms with van der Waals surface area (Å²) in [4.78, 5) is 5.18. The standard InChI is InChI=1S/C15H11ClN2O/c16-15-3-1-2-14(8-15)11-19-18-10-13-6-4-12(9-17)5-7-13/h1-8,10H,11H2. The van der Waals surface area contributed by atoms with Crippen molar-refractivity contribution in [1.29, 1.82) is 5.26 Å². The van der Waals surface area contributed by atoms with Crippen LogP contribution >= 0.6 is 11.6 Å². The Labute approximate surface area is 116 Å². The maximum atomic E-state index is 8.67. The summed E-state index contributed by atoms with van der Waals surface area (Å²) in [5.74, 6) is 0. The number of hydrogen-bond donors (Lipinski definition) is 0. The van der Waals surface area contributed by atoms with Crippen LogP contribution in [-0.4, -0.2) is 6.21 Å². The molecule has 94 valence electrons. The number of nitriles is 1. The molecule has 0 aliphatic rings. The first kappa shape index (κ1) is 13.1. The minimum atomic E-state index is 0.368. The molecule has 0 spiro atoms. The van der Waals surface area contributed by atoms with Gasteiger partial charge < -0.3 is 4.84 Å². The molecule has 0 saturated carbocycles. The first-order chi connectivity index (χ1) is 9.28. The minimum Gasteiger partial charge on any atom is -0.391 e. The first-order valence-corrected chi connectivity index (χ1v) is 6.05. The maximum Gasteiger partial charge on any atom is 0.142 e. The third kappa shape index (κ3) is 4.13. The molecule has 2 aromatic carbocycles. The van der Waals surface area contributed by atoms with Gasteiger partial charge in [-0.25, -0.2) is 0 Å². The van der Waals surface area contributed by atoms with Crippen LogP contribution in [0.2, 0.25) is 5.02 Å². The minimum absolute atomic E-state index is 0.368. The summed E-state index contributed by atoms with van der Waals surface area (Å²) >= 11 is 5.86. The molecule has 0 amide bonds. The topological polar surface area (TPSA) is 45.4 Å². The molecule has 0 aliphatic carbocycles. The summed E-state index contributed by atoms with van der Waals surface area (Å²) in [6.07, 6.45) is 1.60. The van der Waals surface area contributed by atoms with Gasteiger partial charge in [-0.15, -0.1) is 0 Å². The van der Waals surface area contributed by atoms with Crippen LogP contribution in [0, 0.1) is 11.3 Å². The van der Waals surface area contributed by atoms with Crippen molar-refractivity contribution < 1.29 is 4.84 Å². The van der Waals surface area contributed by atoms with Crippen molar-refractivity contribution in [2.45, 2.75) is 6.61 Å². The molecule has 0 unspecified atom stereocenters. The van der Waals surface area contributed by atoms with Gasteiger partial charge in [0.25, 0.3) is 0 Å². The monoisotopic (exact) mass is 270 g/mol. The van der Waals surface area contributed by atoms with E-state index >= 15 is 0 Å². The fourth-order valence-corrected chi connectivity index (χ4v) is 1.69. The van der Waals surface area contributed by atoms with E-state index in [2.05, 4.69) is 11.2 Å². The van der Waals surface area contributed by atoms with Crippen molar-refractivity contribution in [3.63, 3.8) is 0 Å². The molecular formula is C15H11ClN2O. The van der Waals surface area contributed by atoms with Gasteiger partial charge in [0.05, 0.1) is 17.8 Å². The van der Waals surface area contributed by atoms with Crippen molar-refractivity contribution in [3.05, 3.63) is 70.2 Å². The Morgan fingerprint density at radius 1 is 1.21 bits per heavy atom. The molecule has 0 bridgehead atoms. The van der Waals surface area contributed by atoms with Gasteiger partial charge in [-0.2, -0.15) is 5.26 Å². The summed E-state index contributed by atoms with van der Waals surface area (Å²) in [6, 6.07) is 16.6. The molecule has 0 heterocycles. The van der Waals surface area contributed by atoms with Gasteiger partial charge in [0.15, 0.2) is 0 Å². The molecule has 2 rings (SSSR count). The zero-order valence-electron chi connectivity index (χ0n) is 10.1. The third-order valence-corrected chi connectivity index (χ3v) is 2.67. The number of rotatable bonds is 4. The van der Waals surface area contributed by atoms with Crippen molar-refractivity contribution in [1.82, 2.24) is 0 Å². The van der Waals surface area contributed by atoms with Crippen molar-refractivity contribution in [2.75, 3.05) is 0 Å². The molecule has 4 heteroatoms. The predicted molar refractivity (Wildman–Crippen MR) is 75.0 cm³/mol. The molecular weight excluding hydrogens is 260 g/mol. The zero-order chi connectivity index (χ0) is 13.5. The molecule has 0 aliphatic heterocycles.